The van der Waals surface area contributed by atoms with Crippen molar-refractivity contribution in [1.82, 2.24) is 9.88 Å². The first-order chi connectivity index (χ1) is 15.6. The van der Waals surface area contributed by atoms with Gasteiger partial charge in [0, 0.05) is 36.5 Å². The molecule has 8 heteroatoms. The van der Waals surface area contributed by atoms with Crippen LogP contribution in [-0.4, -0.2) is 68.1 Å². The lowest BCUT2D eigenvalue weighted by atomic mass is 9.95. The third-order valence-corrected chi connectivity index (χ3v) is 6.03. The van der Waals surface area contributed by atoms with Gasteiger partial charge in [0.1, 0.15) is 18.8 Å². The zero-order valence-corrected chi connectivity index (χ0v) is 18.1. The van der Waals surface area contributed by atoms with Crippen LogP contribution in [0.2, 0.25) is 0 Å². The van der Waals surface area contributed by atoms with Crippen LogP contribution in [0.25, 0.3) is 5.76 Å². The molecular weight excluding hydrogens is 410 g/mol. The van der Waals surface area contributed by atoms with Crippen LogP contribution < -0.4 is 14.7 Å². The number of likely N-dealkylation sites (tertiary alicyclic amines) is 1. The predicted octanol–water partition coefficient (Wildman–Crippen LogP) is -0.381. The summed E-state index contributed by atoms with van der Waals surface area (Å²) in [6.07, 6.45) is 3.71. The molecule has 0 spiro atoms. The first-order valence-electron chi connectivity index (χ1n) is 10.8. The highest BCUT2D eigenvalue weighted by molar-refractivity contribution is 6.46. The van der Waals surface area contributed by atoms with Crippen molar-refractivity contribution in [2.24, 2.45) is 0 Å². The number of morpholine rings is 1. The predicted molar refractivity (Wildman–Crippen MR) is 115 cm³/mol. The van der Waals surface area contributed by atoms with Crippen LogP contribution in [0.15, 0.2) is 54.4 Å². The van der Waals surface area contributed by atoms with Gasteiger partial charge in [0.2, 0.25) is 5.78 Å². The van der Waals surface area contributed by atoms with Gasteiger partial charge in [-0.15, -0.1) is 0 Å². The maximum absolute atomic E-state index is 13.3. The summed E-state index contributed by atoms with van der Waals surface area (Å²) in [6.45, 7) is 4.58. The number of aromatic nitrogens is 1. The van der Waals surface area contributed by atoms with E-state index in [-0.39, 0.29) is 5.57 Å². The van der Waals surface area contributed by atoms with Crippen molar-refractivity contribution < 1.29 is 29.1 Å². The average Bonchev–Trinajstić information content (AvgIpc) is 3.09. The SMILES string of the molecule is COc1ccccc1C1C(=C([O-])c2ccncc2)C(=O)C(=O)N1CCC[NH+]1CCOCC1. The number of nitrogens with zero attached hydrogens (tertiary/aromatic N) is 2. The Morgan fingerprint density at radius 1 is 1.19 bits per heavy atom. The Balaban J connectivity index is 1.69. The van der Waals surface area contributed by atoms with Crippen molar-refractivity contribution in [3.8, 4) is 5.75 Å². The third kappa shape index (κ3) is 4.37. The minimum absolute atomic E-state index is 0.0376. The summed E-state index contributed by atoms with van der Waals surface area (Å²) < 4.78 is 10.9. The Morgan fingerprint density at radius 2 is 1.91 bits per heavy atom. The number of para-hydroxylation sites is 1. The Bertz CT molecular complexity index is 1000. The molecule has 1 unspecified atom stereocenters. The number of hydrogen-bond acceptors (Lipinski definition) is 6. The van der Waals surface area contributed by atoms with Gasteiger partial charge in [-0.25, -0.2) is 0 Å². The Hall–Kier alpha value is -3.23. The van der Waals surface area contributed by atoms with Crippen LogP contribution in [0.1, 0.15) is 23.6 Å². The second-order valence-corrected chi connectivity index (χ2v) is 7.92. The molecule has 8 nitrogen and oxygen atoms in total. The number of benzene rings is 1. The van der Waals surface area contributed by atoms with E-state index in [1.807, 2.05) is 12.1 Å². The molecular formula is C24H27N3O5. The minimum Gasteiger partial charge on any atom is -0.872 e. The highest BCUT2D eigenvalue weighted by Gasteiger charge is 2.45. The number of ketones is 1. The zero-order chi connectivity index (χ0) is 22.5. The van der Waals surface area contributed by atoms with Crippen LogP contribution in [0.5, 0.6) is 5.75 Å². The summed E-state index contributed by atoms with van der Waals surface area (Å²) in [5, 5.41) is 13.3. The highest BCUT2D eigenvalue weighted by atomic mass is 16.5. The average molecular weight is 437 g/mol. The van der Waals surface area contributed by atoms with Gasteiger partial charge < -0.3 is 24.4 Å². The molecule has 1 aromatic heterocycles. The largest absolute Gasteiger partial charge is 0.872 e. The summed E-state index contributed by atoms with van der Waals surface area (Å²) in [7, 11) is 1.54. The summed E-state index contributed by atoms with van der Waals surface area (Å²) in [6, 6.07) is 9.52. The molecule has 0 bridgehead atoms. The summed E-state index contributed by atoms with van der Waals surface area (Å²) in [5.74, 6) is -1.32. The molecule has 1 aromatic carbocycles. The lowest BCUT2D eigenvalue weighted by Gasteiger charge is -2.29. The molecule has 0 saturated carbocycles. The van der Waals surface area contributed by atoms with E-state index in [0.29, 0.717) is 23.4 Å². The summed E-state index contributed by atoms with van der Waals surface area (Å²) in [4.78, 5) is 33.0. The quantitative estimate of drug-likeness (QED) is 0.360. The van der Waals surface area contributed by atoms with Gasteiger partial charge >= 0.3 is 0 Å². The van der Waals surface area contributed by atoms with Gasteiger partial charge in [0.05, 0.1) is 32.9 Å². The molecule has 0 aliphatic carbocycles. The molecule has 2 aliphatic heterocycles. The molecule has 1 atom stereocenters. The first kappa shape index (κ1) is 22.0. The van der Waals surface area contributed by atoms with Crippen molar-refractivity contribution in [3.05, 3.63) is 65.5 Å². The van der Waals surface area contributed by atoms with E-state index >= 15 is 0 Å². The highest BCUT2D eigenvalue weighted by Crippen LogP contribution is 2.41. The van der Waals surface area contributed by atoms with Gasteiger partial charge in [-0.2, -0.15) is 0 Å². The number of carbonyl (C=O) groups is 2. The lowest BCUT2D eigenvalue weighted by molar-refractivity contribution is -0.908. The first-order valence-corrected chi connectivity index (χ1v) is 10.8. The Kier molecular flexibility index (Phi) is 6.82. The second-order valence-electron chi connectivity index (χ2n) is 7.92. The number of quaternary nitrogens is 1. The molecule has 2 fully saturated rings. The topological polar surface area (TPSA) is 96.2 Å². The van der Waals surface area contributed by atoms with Gasteiger partial charge in [-0.1, -0.05) is 24.0 Å². The number of amides is 1. The van der Waals surface area contributed by atoms with Crippen molar-refractivity contribution in [3.63, 3.8) is 0 Å². The molecule has 3 heterocycles. The van der Waals surface area contributed by atoms with Crippen molar-refractivity contribution in [2.75, 3.05) is 46.5 Å². The standard InChI is InChI=1S/C24H27N3O5/c1-31-19-6-3-2-5-18(19)21-20(22(28)17-7-9-25-10-8-17)23(29)24(30)27(21)12-4-11-26-13-15-32-16-14-26/h2-3,5-10,21,28H,4,11-16H2,1H3. The van der Waals surface area contributed by atoms with Crippen molar-refractivity contribution in [2.45, 2.75) is 12.5 Å². The number of pyridine rings is 1. The van der Waals surface area contributed by atoms with E-state index in [2.05, 4.69) is 4.98 Å². The molecule has 2 aromatic rings. The molecule has 1 N–H and O–H groups in total. The number of Topliss-reactive ketones (excluding diaryl/α,β-unsaturated/α-hetero) is 1. The van der Waals surface area contributed by atoms with E-state index in [0.717, 1.165) is 39.3 Å². The third-order valence-electron chi connectivity index (χ3n) is 6.03. The number of hydrogen-bond donors (Lipinski definition) is 1. The maximum Gasteiger partial charge on any atom is 0.295 e. The fourth-order valence-corrected chi connectivity index (χ4v) is 4.38. The molecule has 1 amide bonds. The number of rotatable bonds is 7. The number of carbonyl (C=O) groups excluding carboxylic acids is 2. The fraction of sp³-hybridized carbons (Fsp3) is 0.375. The van der Waals surface area contributed by atoms with Gasteiger partial charge in [0.15, 0.2) is 0 Å². The lowest BCUT2D eigenvalue weighted by Crippen LogP contribution is -3.14. The van der Waals surface area contributed by atoms with Crippen molar-refractivity contribution in [1.29, 1.82) is 0 Å². The number of nitrogens with one attached hydrogen (secondary N) is 1. The Labute approximate surface area is 187 Å². The Morgan fingerprint density at radius 3 is 2.62 bits per heavy atom. The van der Waals surface area contributed by atoms with Crippen LogP contribution in [-0.2, 0) is 14.3 Å². The van der Waals surface area contributed by atoms with E-state index in [1.54, 1.807) is 24.3 Å². The summed E-state index contributed by atoms with van der Waals surface area (Å²) >= 11 is 0. The van der Waals surface area contributed by atoms with E-state index < -0.39 is 23.5 Å². The summed E-state index contributed by atoms with van der Waals surface area (Å²) in [5.41, 5.74) is 0.922. The van der Waals surface area contributed by atoms with Gasteiger partial charge in [-0.05, 0) is 23.8 Å². The second kappa shape index (κ2) is 9.93. The normalized spacial score (nSPS) is 21.2. The van der Waals surface area contributed by atoms with E-state index in [9.17, 15) is 14.7 Å². The smallest absolute Gasteiger partial charge is 0.295 e. The van der Waals surface area contributed by atoms with Gasteiger partial charge in [0.25, 0.3) is 5.91 Å². The van der Waals surface area contributed by atoms with E-state index in [1.165, 1.54) is 29.3 Å². The van der Waals surface area contributed by atoms with Crippen LogP contribution in [0.3, 0.4) is 0 Å². The molecule has 4 rings (SSSR count). The zero-order valence-electron chi connectivity index (χ0n) is 18.1. The minimum atomic E-state index is -0.786. The van der Waals surface area contributed by atoms with E-state index in [4.69, 9.17) is 9.47 Å². The molecule has 2 saturated heterocycles. The van der Waals surface area contributed by atoms with Crippen LogP contribution in [0, 0.1) is 0 Å². The monoisotopic (exact) mass is 437 g/mol. The van der Waals surface area contributed by atoms with Gasteiger partial charge in [-0.3, -0.25) is 14.6 Å². The van der Waals surface area contributed by atoms with Crippen LogP contribution in [0.4, 0.5) is 0 Å². The molecule has 0 radical (unpaired) electrons. The van der Waals surface area contributed by atoms with Crippen LogP contribution >= 0.6 is 0 Å². The molecule has 168 valence electrons. The fourth-order valence-electron chi connectivity index (χ4n) is 4.38. The maximum atomic E-state index is 13.3. The van der Waals surface area contributed by atoms with Crippen molar-refractivity contribution >= 4 is 17.4 Å². The number of ether oxygens (including phenoxy) is 2. The molecule has 2 aliphatic rings. The molecule has 32 heavy (non-hydrogen) atoms. The number of methoxy groups -OCH3 is 1.